The Kier molecular flexibility index (Phi) is 5.65. The van der Waals surface area contributed by atoms with Crippen LogP contribution in [-0.2, 0) is 0 Å². The molecule has 0 N–H and O–H groups in total. The van der Waals surface area contributed by atoms with Crippen molar-refractivity contribution < 1.29 is 0 Å². The van der Waals surface area contributed by atoms with Crippen LogP contribution in [0, 0.1) is 0 Å². The fourth-order valence-electron chi connectivity index (χ4n) is 8.66. The van der Waals surface area contributed by atoms with Crippen molar-refractivity contribution in [1.29, 1.82) is 0 Å². The summed E-state index contributed by atoms with van der Waals surface area (Å²) in [6, 6.07) is 42.3. The Bertz CT molecular complexity index is 2250. The van der Waals surface area contributed by atoms with Crippen LogP contribution in [-0.4, -0.2) is 42.1 Å². The second-order valence-electron chi connectivity index (χ2n) is 15.8. The maximum absolute atomic E-state index is 5.52. The highest BCUT2D eigenvalue weighted by Gasteiger charge is 2.66. The van der Waals surface area contributed by atoms with Gasteiger partial charge in [-0.25, -0.2) is 4.99 Å². The Labute approximate surface area is 282 Å². The molecule has 0 unspecified atom stereocenters. The van der Waals surface area contributed by atoms with Gasteiger partial charge in [-0.15, -0.1) is 0 Å². The zero-order chi connectivity index (χ0) is 33.4. The van der Waals surface area contributed by atoms with Crippen LogP contribution < -0.4 is 4.90 Å². The molecule has 5 aromatic carbocycles. The molecule has 0 atom stereocenters. The van der Waals surface area contributed by atoms with Gasteiger partial charge < -0.3 is 18.9 Å². The summed E-state index contributed by atoms with van der Waals surface area (Å²) in [5, 5.41) is 5.03. The van der Waals surface area contributed by atoms with Crippen molar-refractivity contribution in [1.82, 2.24) is 14.0 Å². The van der Waals surface area contributed by atoms with Gasteiger partial charge in [0.25, 0.3) is 0 Å². The van der Waals surface area contributed by atoms with E-state index >= 15 is 0 Å². The van der Waals surface area contributed by atoms with Crippen LogP contribution in [0.3, 0.4) is 0 Å². The van der Waals surface area contributed by atoms with E-state index in [1.807, 2.05) is 0 Å². The molecule has 2 aromatic heterocycles. The van der Waals surface area contributed by atoms with E-state index in [-0.39, 0.29) is 22.2 Å². The SMILES string of the molecule is CC1(C)N=C2N(c3cc(-n4c5ccccc5c5ccccc54)cc(-n4c5ccccc5c5ccccc54)c3)C(C)(C)C(C)(C)N2C1(C)C. The Hall–Kier alpha value is -5.03. The first-order valence-electron chi connectivity index (χ1n) is 17.2. The van der Waals surface area contributed by atoms with Crippen LogP contribution in [0.1, 0.15) is 55.4 Å². The van der Waals surface area contributed by atoms with Crippen molar-refractivity contribution in [3.8, 4) is 11.4 Å². The molecule has 2 aliphatic heterocycles. The van der Waals surface area contributed by atoms with E-state index < -0.39 is 0 Å². The van der Waals surface area contributed by atoms with Crippen LogP contribution in [0.15, 0.2) is 120 Å². The third kappa shape index (κ3) is 3.54. The number of aliphatic imine (C=N–C) groups is 1. The van der Waals surface area contributed by atoms with Gasteiger partial charge in [0.1, 0.15) is 0 Å². The zero-order valence-electron chi connectivity index (χ0n) is 29.2. The van der Waals surface area contributed by atoms with Gasteiger partial charge in [-0.3, -0.25) is 0 Å². The summed E-state index contributed by atoms with van der Waals surface area (Å²) in [5.41, 5.74) is 7.32. The van der Waals surface area contributed by atoms with Gasteiger partial charge >= 0.3 is 0 Å². The van der Waals surface area contributed by atoms with E-state index in [0.29, 0.717) is 0 Å². The highest BCUT2D eigenvalue weighted by Crippen LogP contribution is 2.54. The number of para-hydroxylation sites is 4. The first kappa shape index (κ1) is 29.1. The van der Waals surface area contributed by atoms with Gasteiger partial charge in [0.05, 0.1) is 55.6 Å². The number of anilines is 1. The van der Waals surface area contributed by atoms with Gasteiger partial charge in [-0.1, -0.05) is 72.8 Å². The molecule has 0 bridgehead atoms. The Morgan fingerprint density at radius 1 is 0.417 bits per heavy atom. The largest absolute Gasteiger partial charge is 0.327 e. The van der Waals surface area contributed by atoms with E-state index in [4.69, 9.17) is 4.99 Å². The lowest BCUT2D eigenvalue weighted by molar-refractivity contribution is 0.0529. The van der Waals surface area contributed by atoms with Gasteiger partial charge in [-0.05, 0) is 97.9 Å². The molecule has 0 spiro atoms. The van der Waals surface area contributed by atoms with Crippen LogP contribution in [0.25, 0.3) is 55.0 Å². The van der Waals surface area contributed by atoms with E-state index in [2.05, 4.69) is 190 Å². The molecule has 5 nitrogen and oxygen atoms in total. The van der Waals surface area contributed by atoms with Gasteiger partial charge in [0.2, 0.25) is 5.96 Å². The van der Waals surface area contributed by atoms with E-state index in [1.165, 1.54) is 43.6 Å². The predicted octanol–water partition coefficient (Wildman–Crippen LogP) is 10.5. The lowest BCUT2D eigenvalue weighted by Crippen LogP contribution is -2.63. The minimum atomic E-state index is -0.267. The molecule has 7 aromatic rings. The smallest absolute Gasteiger partial charge is 0.203 e. The van der Waals surface area contributed by atoms with E-state index in [9.17, 15) is 0 Å². The quantitative estimate of drug-likeness (QED) is 0.195. The minimum Gasteiger partial charge on any atom is -0.327 e. The zero-order valence-corrected chi connectivity index (χ0v) is 29.2. The highest BCUT2D eigenvalue weighted by atomic mass is 15.6. The molecule has 1 fully saturated rings. The molecule has 0 radical (unpaired) electrons. The lowest BCUT2D eigenvalue weighted by atomic mass is 9.76. The molecule has 4 heterocycles. The molecule has 240 valence electrons. The first-order valence-corrected chi connectivity index (χ1v) is 17.2. The lowest BCUT2D eigenvalue weighted by Gasteiger charge is -2.50. The Morgan fingerprint density at radius 2 is 0.771 bits per heavy atom. The fraction of sp³-hybridized carbons (Fsp3) is 0.279. The molecule has 1 saturated heterocycles. The number of hydrogen-bond acceptors (Lipinski definition) is 3. The van der Waals surface area contributed by atoms with Crippen molar-refractivity contribution in [2.75, 3.05) is 4.90 Å². The third-order valence-corrected chi connectivity index (χ3v) is 12.3. The van der Waals surface area contributed by atoms with Crippen molar-refractivity contribution in [2.24, 2.45) is 4.99 Å². The number of benzene rings is 5. The van der Waals surface area contributed by atoms with Crippen molar-refractivity contribution >= 4 is 55.3 Å². The van der Waals surface area contributed by atoms with Crippen molar-refractivity contribution in [3.63, 3.8) is 0 Å². The molecule has 2 aliphatic rings. The first-order chi connectivity index (χ1) is 22.8. The fourth-order valence-corrected chi connectivity index (χ4v) is 8.66. The molecule has 9 rings (SSSR count). The number of fused-ring (bicyclic) bond motifs is 7. The second kappa shape index (κ2) is 9.31. The third-order valence-electron chi connectivity index (χ3n) is 12.3. The highest BCUT2D eigenvalue weighted by molar-refractivity contribution is 6.11. The summed E-state index contributed by atoms with van der Waals surface area (Å²) in [7, 11) is 0. The molecular weight excluding hydrogens is 587 g/mol. The average molecular weight is 630 g/mol. The van der Waals surface area contributed by atoms with E-state index in [1.54, 1.807) is 0 Å². The van der Waals surface area contributed by atoms with Crippen molar-refractivity contribution in [3.05, 3.63) is 115 Å². The molecule has 0 amide bonds. The average Bonchev–Trinajstić information content (AvgIpc) is 3.67. The van der Waals surface area contributed by atoms with Gasteiger partial charge in [-0.2, -0.15) is 0 Å². The number of hydrogen-bond donors (Lipinski definition) is 0. The Morgan fingerprint density at radius 3 is 1.17 bits per heavy atom. The standard InChI is InChI=1S/C43H43N5/c1-40(2)41(3,4)48-39(44-40)47(42(5,6)43(48,7)8)30-26-28(45-35-21-13-9-17-31(35)32-18-10-14-22-36(32)45)25-29(27-30)46-37-23-15-11-19-33(37)34-20-12-16-24-38(34)46/h9-27H,1-8H3. The second-order valence-corrected chi connectivity index (χ2v) is 15.8. The van der Waals surface area contributed by atoms with Crippen LogP contribution >= 0.6 is 0 Å². The number of rotatable bonds is 3. The number of guanidine groups is 1. The molecule has 0 saturated carbocycles. The summed E-state index contributed by atoms with van der Waals surface area (Å²) in [5.74, 6) is 1.05. The van der Waals surface area contributed by atoms with Crippen molar-refractivity contribution in [2.45, 2.75) is 77.5 Å². The minimum absolute atomic E-state index is 0.169. The van der Waals surface area contributed by atoms with Crippen LogP contribution in [0.2, 0.25) is 0 Å². The van der Waals surface area contributed by atoms with Gasteiger partial charge in [0.15, 0.2) is 0 Å². The normalized spacial score (nSPS) is 19.1. The summed E-state index contributed by atoms with van der Waals surface area (Å²) >= 11 is 0. The van der Waals surface area contributed by atoms with Crippen LogP contribution in [0.5, 0.6) is 0 Å². The molecule has 5 heteroatoms. The molecular formula is C43H43N5. The van der Waals surface area contributed by atoms with E-state index in [0.717, 1.165) is 23.0 Å². The topological polar surface area (TPSA) is 28.7 Å². The monoisotopic (exact) mass is 629 g/mol. The maximum Gasteiger partial charge on any atom is 0.203 e. The predicted molar refractivity (Wildman–Crippen MR) is 203 cm³/mol. The molecule has 0 aliphatic carbocycles. The summed E-state index contributed by atoms with van der Waals surface area (Å²) in [6.45, 7) is 18.8. The summed E-state index contributed by atoms with van der Waals surface area (Å²) in [4.78, 5) is 10.6. The van der Waals surface area contributed by atoms with Gasteiger partial charge in [0, 0.05) is 27.2 Å². The van der Waals surface area contributed by atoms with Crippen LogP contribution in [0.4, 0.5) is 5.69 Å². The maximum atomic E-state index is 5.52. The summed E-state index contributed by atoms with van der Waals surface area (Å²) < 4.78 is 4.89. The number of aromatic nitrogens is 2. The summed E-state index contributed by atoms with van der Waals surface area (Å²) in [6.07, 6.45) is 0. The Balaban J connectivity index is 1.40. The number of nitrogens with zero attached hydrogens (tertiary/aromatic N) is 5. The molecule has 48 heavy (non-hydrogen) atoms.